The van der Waals surface area contributed by atoms with Gasteiger partial charge in [-0.15, -0.1) is 0 Å². The van der Waals surface area contributed by atoms with Gasteiger partial charge in [-0.3, -0.25) is 9.69 Å². The monoisotopic (exact) mass is 276 g/mol. The van der Waals surface area contributed by atoms with Crippen molar-refractivity contribution in [2.45, 2.75) is 32.4 Å². The highest BCUT2D eigenvalue weighted by atomic mass is 16.5. The van der Waals surface area contributed by atoms with Crippen molar-refractivity contribution in [3.63, 3.8) is 0 Å². The number of hydrogen-bond acceptors (Lipinski definition) is 3. The van der Waals surface area contributed by atoms with Gasteiger partial charge in [0.05, 0.1) is 12.6 Å². The number of likely N-dealkylation sites (tertiary alicyclic amines) is 1. The van der Waals surface area contributed by atoms with Crippen molar-refractivity contribution >= 4 is 5.91 Å². The maximum absolute atomic E-state index is 11.9. The molecule has 0 unspecified atom stereocenters. The van der Waals surface area contributed by atoms with Gasteiger partial charge in [-0.05, 0) is 25.3 Å². The van der Waals surface area contributed by atoms with Crippen LogP contribution in [0.4, 0.5) is 0 Å². The fourth-order valence-corrected chi connectivity index (χ4v) is 2.47. The lowest BCUT2D eigenvalue weighted by Crippen LogP contribution is -2.42. The lowest BCUT2D eigenvalue weighted by atomic mass is 10.1. The number of carbonyl (C=O) groups is 1. The molecular weight excluding hydrogens is 252 g/mol. The number of amides is 1. The van der Waals surface area contributed by atoms with Crippen molar-refractivity contribution in [1.29, 1.82) is 0 Å². The third kappa shape index (κ3) is 4.62. The summed E-state index contributed by atoms with van der Waals surface area (Å²) in [6.45, 7) is 5.04. The number of nitrogens with zero attached hydrogens (tertiary/aromatic N) is 1. The Kier molecular flexibility index (Phi) is 5.56. The second kappa shape index (κ2) is 7.41. The topological polar surface area (TPSA) is 41.6 Å². The summed E-state index contributed by atoms with van der Waals surface area (Å²) in [4.78, 5) is 14.1. The van der Waals surface area contributed by atoms with E-state index in [1.54, 1.807) is 7.11 Å². The highest BCUT2D eigenvalue weighted by Crippen LogP contribution is 2.12. The van der Waals surface area contributed by atoms with Gasteiger partial charge in [0.25, 0.3) is 0 Å². The van der Waals surface area contributed by atoms with Crippen LogP contribution < -0.4 is 5.32 Å². The lowest BCUT2D eigenvalue weighted by molar-refractivity contribution is -0.123. The summed E-state index contributed by atoms with van der Waals surface area (Å²) in [5.41, 5.74) is 2.38. The number of hydrogen-bond donors (Lipinski definition) is 1. The molecule has 4 heteroatoms. The predicted molar refractivity (Wildman–Crippen MR) is 79.5 cm³/mol. The van der Waals surface area contributed by atoms with Gasteiger partial charge in [0.1, 0.15) is 0 Å². The van der Waals surface area contributed by atoms with Gasteiger partial charge in [-0.2, -0.15) is 0 Å². The number of methoxy groups -OCH3 is 1. The second-order valence-electron chi connectivity index (χ2n) is 5.47. The Hall–Kier alpha value is -1.39. The first-order valence-electron chi connectivity index (χ1n) is 7.25. The molecule has 2 rings (SSSR count). The molecule has 1 fully saturated rings. The third-order valence-corrected chi connectivity index (χ3v) is 3.85. The van der Waals surface area contributed by atoms with E-state index in [1.165, 1.54) is 5.56 Å². The highest BCUT2D eigenvalue weighted by Gasteiger charge is 2.20. The van der Waals surface area contributed by atoms with Crippen molar-refractivity contribution in [1.82, 2.24) is 10.2 Å². The predicted octanol–water partition coefficient (Wildman–Crippen LogP) is 1.72. The molecule has 1 heterocycles. The van der Waals surface area contributed by atoms with Crippen molar-refractivity contribution in [3.05, 3.63) is 35.4 Å². The Bertz CT molecular complexity index is 423. The summed E-state index contributed by atoms with van der Waals surface area (Å²) >= 11 is 0. The van der Waals surface area contributed by atoms with E-state index in [4.69, 9.17) is 4.74 Å². The number of benzene rings is 1. The number of nitrogens with one attached hydrogen (secondary N) is 1. The zero-order chi connectivity index (χ0) is 14.4. The molecular formula is C16H24N2O2. The molecule has 1 aliphatic heterocycles. The molecule has 0 aromatic heterocycles. The Morgan fingerprint density at radius 1 is 1.30 bits per heavy atom. The Morgan fingerprint density at radius 2 is 1.95 bits per heavy atom. The minimum atomic E-state index is 0.0986. The molecule has 0 aliphatic carbocycles. The van der Waals surface area contributed by atoms with Crippen LogP contribution in [0.5, 0.6) is 0 Å². The maximum Gasteiger partial charge on any atom is 0.234 e. The maximum atomic E-state index is 11.9. The largest absolute Gasteiger partial charge is 0.381 e. The molecule has 1 saturated heterocycles. The minimum Gasteiger partial charge on any atom is -0.381 e. The van der Waals surface area contributed by atoms with E-state index in [0.717, 1.165) is 31.5 Å². The first-order valence-corrected chi connectivity index (χ1v) is 7.25. The summed E-state index contributed by atoms with van der Waals surface area (Å²) in [6, 6.07) is 8.24. The van der Waals surface area contributed by atoms with E-state index in [-0.39, 0.29) is 5.91 Å². The van der Waals surface area contributed by atoms with Crippen LogP contribution in [0, 0.1) is 6.92 Å². The molecule has 1 aromatic carbocycles. The molecule has 1 aromatic rings. The van der Waals surface area contributed by atoms with Crippen LogP contribution in [0.3, 0.4) is 0 Å². The molecule has 0 spiro atoms. The summed E-state index contributed by atoms with van der Waals surface area (Å²) in [5.74, 6) is 0.0986. The molecule has 1 amide bonds. The molecule has 0 saturated carbocycles. The van der Waals surface area contributed by atoms with Crippen molar-refractivity contribution in [2.75, 3.05) is 26.7 Å². The van der Waals surface area contributed by atoms with Crippen molar-refractivity contribution in [2.24, 2.45) is 0 Å². The van der Waals surface area contributed by atoms with E-state index in [1.807, 2.05) is 0 Å². The molecule has 0 bridgehead atoms. The van der Waals surface area contributed by atoms with Crippen molar-refractivity contribution in [3.8, 4) is 0 Å². The zero-order valence-electron chi connectivity index (χ0n) is 12.4. The summed E-state index contributed by atoms with van der Waals surface area (Å²) < 4.78 is 5.33. The summed E-state index contributed by atoms with van der Waals surface area (Å²) in [6.07, 6.45) is 2.39. The van der Waals surface area contributed by atoms with Crippen LogP contribution >= 0.6 is 0 Å². The van der Waals surface area contributed by atoms with E-state index in [2.05, 4.69) is 41.4 Å². The quantitative estimate of drug-likeness (QED) is 0.890. The number of rotatable bonds is 5. The fraction of sp³-hybridized carbons (Fsp3) is 0.562. The fourth-order valence-electron chi connectivity index (χ4n) is 2.47. The van der Waals surface area contributed by atoms with Gasteiger partial charge in [0, 0.05) is 26.7 Å². The van der Waals surface area contributed by atoms with E-state index in [9.17, 15) is 4.79 Å². The first-order chi connectivity index (χ1) is 9.67. The smallest absolute Gasteiger partial charge is 0.234 e. The van der Waals surface area contributed by atoms with Crippen LogP contribution in [0.15, 0.2) is 24.3 Å². The number of ether oxygens (including phenoxy) is 1. The van der Waals surface area contributed by atoms with Crippen LogP contribution in [0.1, 0.15) is 24.0 Å². The van der Waals surface area contributed by atoms with Gasteiger partial charge in [-0.25, -0.2) is 0 Å². The molecule has 4 nitrogen and oxygen atoms in total. The first kappa shape index (κ1) is 15.0. The van der Waals surface area contributed by atoms with E-state index in [0.29, 0.717) is 19.2 Å². The van der Waals surface area contributed by atoms with Gasteiger partial charge >= 0.3 is 0 Å². The van der Waals surface area contributed by atoms with Crippen LogP contribution in [0.2, 0.25) is 0 Å². The Labute approximate surface area is 121 Å². The van der Waals surface area contributed by atoms with Gasteiger partial charge in [0.15, 0.2) is 0 Å². The summed E-state index contributed by atoms with van der Waals surface area (Å²) in [5, 5.41) is 2.98. The Morgan fingerprint density at radius 3 is 2.55 bits per heavy atom. The lowest BCUT2D eigenvalue weighted by Gasteiger charge is -2.30. The highest BCUT2D eigenvalue weighted by molar-refractivity contribution is 5.78. The van der Waals surface area contributed by atoms with Crippen LogP contribution in [-0.2, 0) is 16.1 Å². The second-order valence-corrected chi connectivity index (χ2v) is 5.47. The number of carbonyl (C=O) groups excluding carboxylic acids is 1. The molecule has 1 N–H and O–H groups in total. The minimum absolute atomic E-state index is 0.0986. The standard InChI is InChI=1S/C16H24N2O2/c1-13-3-5-14(6-4-13)11-17-16(19)12-18-9-7-15(20-2)8-10-18/h3-6,15H,7-12H2,1-2H3,(H,17,19). The van der Waals surface area contributed by atoms with Gasteiger partial charge in [-0.1, -0.05) is 29.8 Å². The SMILES string of the molecule is COC1CCN(CC(=O)NCc2ccc(C)cc2)CC1. The number of piperidine rings is 1. The van der Waals surface area contributed by atoms with Crippen LogP contribution in [-0.4, -0.2) is 43.7 Å². The van der Waals surface area contributed by atoms with E-state index >= 15 is 0 Å². The van der Waals surface area contributed by atoms with Gasteiger partial charge < -0.3 is 10.1 Å². The van der Waals surface area contributed by atoms with Gasteiger partial charge in [0.2, 0.25) is 5.91 Å². The van der Waals surface area contributed by atoms with Crippen LogP contribution in [0.25, 0.3) is 0 Å². The van der Waals surface area contributed by atoms with E-state index < -0.39 is 0 Å². The van der Waals surface area contributed by atoms with Crippen molar-refractivity contribution < 1.29 is 9.53 Å². The zero-order valence-corrected chi connectivity index (χ0v) is 12.4. The normalized spacial score (nSPS) is 17.1. The molecule has 0 radical (unpaired) electrons. The summed E-state index contributed by atoms with van der Waals surface area (Å²) in [7, 11) is 1.76. The average Bonchev–Trinajstić information content (AvgIpc) is 2.47. The molecule has 110 valence electrons. The molecule has 20 heavy (non-hydrogen) atoms. The molecule has 0 atom stereocenters. The third-order valence-electron chi connectivity index (χ3n) is 3.85. The average molecular weight is 276 g/mol. The number of aryl methyl sites for hydroxylation is 1. The Balaban J connectivity index is 1.69. The molecule has 1 aliphatic rings.